The molecule has 0 unspecified atom stereocenters. The number of pyridine rings is 1. The molecule has 2 aromatic heterocycles. The van der Waals surface area contributed by atoms with Crippen molar-refractivity contribution in [2.24, 2.45) is 0 Å². The van der Waals surface area contributed by atoms with Gasteiger partial charge in [-0.25, -0.2) is 36.5 Å². The molecule has 3 N–H and O–H groups in total. The number of halogens is 2. The fourth-order valence-corrected chi connectivity index (χ4v) is 3.58. The van der Waals surface area contributed by atoms with Gasteiger partial charge in [0.2, 0.25) is 0 Å². The molecule has 9 nitrogen and oxygen atoms in total. The molecule has 0 spiro atoms. The van der Waals surface area contributed by atoms with E-state index in [1.165, 1.54) is 6.07 Å². The number of aromatic carboxylic acids is 1. The summed E-state index contributed by atoms with van der Waals surface area (Å²) in [5.41, 5.74) is -0.184. The first-order valence-corrected chi connectivity index (χ1v) is 8.01. The minimum Gasteiger partial charge on any atom is -0.478 e. The largest absolute Gasteiger partial charge is 0.478 e. The zero-order chi connectivity index (χ0) is 19.5. The average Bonchev–Trinajstić information content (AvgIpc) is 2.99. The first kappa shape index (κ1) is 19.4. The van der Waals surface area contributed by atoms with Crippen molar-refractivity contribution >= 4 is 26.9 Å². The van der Waals surface area contributed by atoms with Crippen LogP contribution in [0.5, 0.6) is 0 Å². The van der Waals surface area contributed by atoms with Gasteiger partial charge in [-0.1, -0.05) is 5.04 Å². The normalized spacial score (nSPS) is 11.1. The number of fused-ring (bicyclic) bond motifs is 1. The summed E-state index contributed by atoms with van der Waals surface area (Å²) in [4.78, 5) is 14.2. The van der Waals surface area contributed by atoms with Crippen LogP contribution in [0.4, 0.5) is 8.78 Å². The monoisotopic (exact) mass is 388 g/mol. The summed E-state index contributed by atoms with van der Waals surface area (Å²) in [6, 6.07) is 3.20. The van der Waals surface area contributed by atoms with Crippen molar-refractivity contribution in [3.63, 3.8) is 0 Å². The van der Waals surface area contributed by atoms with Gasteiger partial charge in [0.15, 0.2) is 0 Å². The highest BCUT2D eigenvalue weighted by Gasteiger charge is 2.22. The summed E-state index contributed by atoms with van der Waals surface area (Å²) >= 11 is 0. The second-order valence-corrected chi connectivity index (χ2v) is 6.54. The van der Waals surface area contributed by atoms with E-state index < -0.39 is 32.5 Å². The number of aromatic nitrogens is 2. The highest BCUT2D eigenvalue weighted by molar-refractivity contribution is 7.90. The van der Waals surface area contributed by atoms with E-state index in [0.717, 1.165) is 22.6 Å². The van der Waals surface area contributed by atoms with Crippen molar-refractivity contribution in [2.75, 3.05) is 0 Å². The molecule has 0 radical (unpaired) electrons. The van der Waals surface area contributed by atoms with Gasteiger partial charge in [0, 0.05) is 23.8 Å². The SMILES string of the molecule is O=C(O)c1cncc2c1ccn2S(=O)(=O)c1cc(F)cc(F)c1.OOO. The van der Waals surface area contributed by atoms with Crippen molar-refractivity contribution in [3.05, 3.63) is 60.1 Å². The summed E-state index contributed by atoms with van der Waals surface area (Å²) < 4.78 is 52.4. The van der Waals surface area contributed by atoms with Crippen LogP contribution in [0.3, 0.4) is 0 Å². The molecule has 0 bridgehead atoms. The van der Waals surface area contributed by atoms with Gasteiger partial charge in [0.1, 0.15) is 11.6 Å². The maximum Gasteiger partial charge on any atom is 0.337 e. The van der Waals surface area contributed by atoms with E-state index >= 15 is 0 Å². The lowest BCUT2D eigenvalue weighted by Gasteiger charge is -2.08. The third kappa shape index (κ3) is 3.67. The molecule has 0 fully saturated rings. The first-order valence-electron chi connectivity index (χ1n) is 6.57. The Kier molecular flexibility index (Phi) is 5.62. The summed E-state index contributed by atoms with van der Waals surface area (Å²) in [5, 5.41) is 24.7. The van der Waals surface area contributed by atoms with Crippen molar-refractivity contribution in [2.45, 2.75) is 4.90 Å². The van der Waals surface area contributed by atoms with Gasteiger partial charge >= 0.3 is 5.97 Å². The molecule has 0 saturated heterocycles. The van der Waals surface area contributed by atoms with Gasteiger partial charge in [-0.2, -0.15) is 0 Å². The summed E-state index contributed by atoms with van der Waals surface area (Å²) in [5.74, 6) is -3.34. The molecule has 0 amide bonds. The van der Waals surface area contributed by atoms with E-state index in [1.807, 2.05) is 0 Å². The Balaban J connectivity index is 0.000000758. The zero-order valence-electron chi connectivity index (χ0n) is 12.6. The molecule has 0 saturated carbocycles. The molecular weight excluding hydrogens is 378 g/mol. The Labute approximate surface area is 144 Å². The topological polar surface area (TPSA) is 139 Å². The fourth-order valence-electron chi connectivity index (χ4n) is 2.20. The Morgan fingerprint density at radius 2 is 1.69 bits per heavy atom. The molecule has 0 aliphatic carbocycles. The third-order valence-electron chi connectivity index (χ3n) is 3.20. The number of hydrogen-bond donors (Lipinski definition) is 3. The number of carbonyl (C=O) groups is 1. The van der Waals surface area contributed by atoms with Gasteiger partial charge in [-0.05, 0) is 18.2 Å². The van der Waals surface area contributed by atoms with Crippen LogP contribution in [0, 0.1) is 11.6 Å². The van der Waals surface area contributed by atoms with E-state index in [1.54, 1.807) is 0 Å². The molecule has 26 heavy (non-hydrogen) atoms. The molecule has 138 valence electrons. The lowest BCUT2D eigenvalue weighted by molar-refractivity contribution is -0.465. The first-order chi connectivity index (χ1) is 12.2. The van der Waals surface area contributed by atoms with Crippen LogP contribution in [0.2, 0.25) is 0 Å². The number of rotatable bonds is 3. The highest BCUT2D eigenvalue weighted by Crippen LogP contribution is 2.24. The van der Waals surface area contributed by atoms with Crippen molar-refractivity contribution < 1.29 is 42.7 Å². The maximum absolute atomic E-state index is 13.3. The van der Waals surface area contributed by atoms with Crippen LogP contribution in [-0.4, -0.2) is 39.0 Å². The minimum absolute atomic E-state index is 0.00503. The van der Waals surface area contributed by atoms with Crippen LogP contribution in [0.25, 0.3) is 10.9 Å². The summed E-state index contributed by atoms with van der Waals surface area (Å²) in [7, 11) is -4.31. The molecule has 12 heteroatoms. The Bertz CT molecular complexity index is 1050. The van der Waals surface area contributed by atoms with Crippen LogP contribution >= 0.6 is 0 Å². The molecule has 1 aromatic carbocycles. The van der Waals surface area contributed by atoms with Crippen molar-refractivity contribution in [3.8, 4) is 0 Å². The predicted octanol–water partition coefficient (Wildman–Crippen LogP) is 2.20. The second-order valence-electron chi connectivity index (χ2n) is 4.73. The second kappa shape index (κ2) is 7.53. The number of hydrogen-bond acceptors (Lipinski definition) is 7. The maximum atomic E-state index is 13.3. The van der Waals surface area contributed by atoms with E-state index in [9.17, 15) is 22.0 Å². The van der Waals surface area contributed by atoms with Crippen LogP contribution in [0.1, 0.15) is 10.4 Å². The van der Waals surface area contributed by atoms with E-state index in [-0.39, 0.29) is 16.5 Å². The van der Waals surface area contributed by atoms with Crippen LogP contribution in [0.15, 0.2) is 47.8 Å². The van der Waals surface area contributed by atoms with E-state index in [4.69, 9.17) is 15.6 Å². The Morgan fingerprint density at radius 3 is 2.23 bits per heavy atom. The quantitative estimate of drug-likeness (QED) is 0.458. The molecular formula is C14H10F2N2O7S. The summed E-state index contributed by atoms with van der Waals surface area (Å²) in [6.45, 7) is 0. The van der Waals surface area contributed by atoms with Gasteiger partial charge in [-0.15, -0.1) is 0 Å². The van der Waals surface area contributed by atoms with Crippen LogP contribution in [-0.2, 0) is 15.1 Å². The molecule has 0 aliphatic heterocycles. The number of nitrogens with zero attached hydrogens (tertiary/aromatic N) is 2. The number of carboxylic acids is 1. The number of carboxylic acid groups (broad SMARTS) is 1. The smallest absolute Gasteiger partial charge is 0.337 e. The standard InChI is InChI=1S/C14H8F2N2O4S.H2O3/c15-8-3-9(16)5-10(4-8)23(21,22)18-2-1-11-12(14(19)20)6-17-7-13(11)18;1-3-2/h1-7H,(H,19,20);1-2H. The van der Waals surface area contributed by atoms with Gasteiger partial charge in [-0.3, -0.25) is 4.98 Å². The Hall–Kier alpha value is -2.93. The third-order valence-corrected chi connectivity index (χ3v) is 4.87. The fraction of sp³-hybridized carbons (Fsp3) is 0. The summed E-state index contributed by atoms with van der Waals surface area (Å²) in [6.07, 6.45) is 3.36. The van der Waals surface area contributed by atoms with E-state index in [2.05, 4.69) is 10.0 Å². The zero-order valence-corrected chi connectivity index (χ0v) is 13.4. The van der Waals surface area contributed by atoms with Crippen LogP contribution < -0.4 is 0 Å². The molecule has 0 aliphatic rings. The lowest BCUT2D eigenvalue weighted by Crippen LogP contribution is -2.13. The molecule has 0 atom stereocenters. The predicted molar refractivity (Wildman–Crippen MR) is 82.0 cm³/mol. The van der Waals surface area contributed by atoms with Crippen molar-refractivity contribution in [1.82, 2.24) is 8.96 Å². The minimum atomic E-state index is -4.31. The van der Waals surface area contributed by atoms with Gasteiger partial charge in [0.05, 0.1) is 22.2 Å². The van der Waals surface area contributed by atoms with Crippen molar-refractivity contribution in [1.29, 1.82) is 0 Å². The Morgan fingerprint density at radius 1 is 1.12 bits per heavy atom. The number of benzene rings is 1. The van der Waals surface area contributed by atoms with Gasteiger partial charge in [0.25, 0.3) is 10.0 Å². The highest BCUT2D eigenvalue weighted by atomic mass is 32.2. The molecule has 3 aromatic rings. The van der Waals surface area contributed by atoms with E-state index in [0.29, 0.717) is 18.2 Å². The lowest BCUT2D eigenvalue weighted by atomic mass is 10.2. The average molecular weight is 388 g/mol. The molecule has 3 rings (SSSR count). The molecule has 2 heterocycles. The van der Waals surface area contributed by atoms with Gasteiger partial charge < -0.3 is 5.11 Å².